The molecular weight excluding hydrogens is 206 g/mol. The number of carbonyl (C=O) groups excluding carboxylic acids is 1. The number of aliphatic hydroxyl groups is 1. The van der Waals surface area contributed by atoms with E-state index in [1.54, 1.807) is 0 Å². The molecule has 0 aromatic carbocycles. The Morgan fingerprint density at radius 3 is 2.60 bits per heavy atom. The molecule has 2 unspecified atom stereocenters. The zero-order valence-electron chi connectivity index (χ0n) is 7.71. The van der Waals surface area contributed by atoms with Gasteiger partial charge in [0.05, 0.1) is 6.10 Å². The van der Waals surface area contributed by atoms with Crippen LogP contribution in [0, 0.1) is 0 Å². The van der Waals surface area contributed by atoms with E-state index < -0.39 is 24.0 Å². The number of nitrogens with one attached hydrogen (secondary N) is 2. The number of aliphatic hydroxyl groups excluding tert-OH is 1. The smallest absolute Gasteiger partial charge is 0.328 e. The normalized spacial score (nSPS) is 14.3. The van der Waals surface area contributed by atoms with Crippen LogP contribution in [-0.4, -0.2) is 54.9 Å². The molecule has 0 saturated carbocycles. The van der Waals surface area contributed by atoms with Crippen molar-refractivity contribution in [1.82, 2.24) is 25.9 Å². The summed E-state index contributed by atoms with van der Waals surface area (Å²) in [4.78, 5) is 21.9. The molecule has 1 rings (SSSR count). The van der Waals surface area contributed by atoms with Gasteiger partial charge >= 0.3 is 5.97 Å². The third kappa shape index (κ3) is 2.71. The summed E-state index contributed by atoms with van der Waals surface area (Å²) in [6.45, 7) is 1.25. The lowest BCUT2D eigenvalue weighted by Gasteiger charge is -2.15. The maximum atomic E-state index is 11.3. The number of H-pyrrole nitrogens is 1. The number of nitrogens with zero attached hydrogens (tertiary/aromatic N) is 3. The summed E-state index contributed by atoms with van der Waals surface area (Å²) in [6, 6.07) is -1.41. The Kier molecular flexibility index (Phi) is 3.29. The van der Waals surface area contributed by atoms with Crippen molar-refractivity contribution in [2.45, 2.75) is 19.1 Å². The minimum atomic E-state index is -1.41. The molecule has 1 amide bonds. The number of rotatable bonds is 4. The Morgan fingerprint density at radius 2 is 2.20 bits per heavy atom. The van der Waals surface area contributed by atoms with E-state index in [0.717, 1.165) is 0 Å². The SMILES string of the molecule is CC(O)C(NC(=O)c1nn[nH]n1)C(=O)O. The van der Waals surface area contributed by atoms with Crippen LogP contribution in [0.4, 0.5) is 0 Å². The molecule has 0 radical (unpaired) electrons. The number of amides is 1. The molecule has 9 heteroatoms. The van der Waals surface area contributed by atoms with Crippen molar-refractivity contribution in [3.05, 3.63) is 5.82 Å². The van der Waals surface area contributed by atoms with Gasteiger partial charge in [0.1, 0.15) is 0 Å². The van der Waals surface area contributed by atoms with Crippen molar-refractivity contribution in [2.75, 3.05) is 0 Å². The first-order valence-corrected chi connectivity index (χ1v) is 3.97. The zero-order valence-corrected chi connectivity index (χ0v) is 7.71. The second-order valence-corrected chi connectivity index (χ2v) is 2.77. The van der Waals surface area contributed by atoms with Crippen LogP contribution in [0.1, 0.15) is 17.5 Å². The molecule has 0 fully saturated rings. The minimum absolute atomic E-state index is 0.290. The van der Waals surface area contributed by atoms with Gasteiger partial charge < -0.3 is 15.5 Å². The van der Waals surface area contributed by atoms with Crippen LogP contribution in [0.25, 0.3) is 0 Å². The second kappa shape index (κ2) is 4.46. The Labute approximate surface area is 83.5 Å². The number of carboxylic acids is 1. The van der Waals surface area contributed by atoms with Crippen molar-refractivity contribution < 1.29 is 19.8 Å². The summed E-state index contributed by atoms with van der Waals surface area (Å²) >= 11 is 0. The molecule has 0 aliphatic heterocycles. The fourth-order valence-corrected chi connectivity index (χ4v) is 0.852. The molecule has 9 nitrogen and oxygen atoms in total. The minimum Gasteiger partial charge on any atom is -0.480 e. The van der Waals surface area contributed by atoms with Gasteiger partial charge in [0.2, 0.25) is 0 Å². The highest BCUT2D eigenvalue weighted by atomic mass is 16.4. The van der Waals surface area contributed by atoms with Crippen molar-refractivity contribution in [3.63, 3.8) is 0 Å². The van der Waals surface area contributed by atoms with E-state index in [9.17, 15) is 9.59 Å². The predicted molar refractivity (Wildman–Crippen MR) is 44.7 cm³/mol. The summed E-state index contributed by atoms with van der Waals surface area (Å²) in [5, 5.41) is 31.6. The van der Waals surface area contributed by atoms with Crippen molar-refractivity contribution in [3.8, 4) is 0 Å². The lowest BCUT2D eigenvalue weighted by molar-refractivity contribution is -0.141. The summed E-state index contributed by atoms with van der Waals surface area (Å²) in [6.07, 6.45) is -1.22. The summed E-state index contributed by atoms with van der Waals surface area (Å²) in [7, 11) is 0. The number of aliphatic carboxylic acids is 1. The van der Waals surface area contributed by atoms with E-state index in [1.165, 1.54) is 6.92 Å². The highest BCUT2D eigenvalue weighted by molar-refractivity contribution is 5.93. The molecule has 0 aliphatic rings. The van der Waals surface area contributed by atoms with Crippen molar-refractivity contribution >= 4 is 11.9 Å². The van der Waals surface area contributed by atoms with E-state index in [0.29, 0.717) is 0 Å². The van der Waals surface area contributed by atoms with Gasteiger partial charge in [0, 0.05) is 0 Å². The number of carboxylic acid groups (broad SMARTS) is 1. The van der Waals surface area contributed by atoms with E-state index in [1.807, 2.05) is 5.32 Å². The topological polar surface area (TPSA) is 141 Å². The van der Waals surface area contributed by atoms with Crippen LogP contribution in [0.3, 0.4) is 0 Å². The largest absolute Gasteiger partial charge is 0.480 e. The Balaban J connectivity index is 2.67. The van der Waals surface area contributed by atoms with Gasteiger partial charge in [-0.3, -0.25) is 4.79 Å². The molecule has 2 atom stereocenters. The molecule has 0 aliphatic carbocycles. The van der Waals surface area contributed by atoms with E-state index in [-0.39, 0.29) is 5.82 Å². The quantitative estimate of drug-likeness (QED) is 0.445. The van der Waals surface area contributed by atoms with Crippen LogP contribution in [0.2, 0.25) is 0 Å². The third-order valence-electron chi connectivity index (χ3n) is 1.58. The first-order chi connectivity index (χ1) is 7.02. The molecular formula is C6H9N5O4. The zero-order chi connectivity index (χ0) is 11.4. The molecule has 4 N–H and O–H groups in total. The first-order valence-electron chi connectivity index (χ1n) is 3.97. The average Bonchev–Trinajstić information content (AvgIpc) is 2.65. The molecule has 0 bridgehead atoms. The lowest BCUT2D eigenvalue weighted by Crippen LogP contribution is -2.47. The standard InChI is InChI=1S/C6H9N5O4/c1-2(12)3(6(14)15)7-5(13)4-8-10-11-9-4/h2-3,12H,1H3,(H,7,13)(H,14,15)(H,8,9,10,11). The summed E-state index contributed by atoms with van der Waals surface area (Å²) in [5.74, 6) is -2.46. The fourth-order valence-electron chi connectivity index (χ4n) is 0.852. The van der Waals surface area contributed by atoms with Crippen LogP contribution in [0.15, 0.2) is 0 Å². The summed E-state index contributed by atoms with van der Waals surface area (Å²) in [5.41, 5.74) is 0. The van der Waals surface area contributed by atoms with Crippen molar-refractivity contribution in [1.29, 1.82) is 0 Å². The van der Waals surface area contributed by atoms with Crippen LogP contribution >= 0.6 is 0 Å². The van der Waals surface area contributed by atoms with Gasteiger partial charge in [0.15, 0.2) is 6.04 Å². The highest BCUT2D eigenvalue weighted by Gasteiger charge is 2.26. The van der Waals surface area contributed by atoms with Crippen molar-refractivity contribution in [2.24, 2.45) is 0 Å². The van der Waals surface area contributed by atoms with Gasteiger partial charge in [-0.25, -0.2) is 4.79 Å². The molecule has 0 saturated heterocycles. The molecule has 1 heterocycles. The molecule has 0 spiro atoms. The Bertz CT molecular complexity index is 348. The monoisotopic (exact) mass is 215 g/mol. The van der Waals surface area contributed by atoms with Gasteiger partial charge in [-0.15, -0.1) is 10.2 Å². The van der Waals surface area contributed by atoms with E-state index in [2.05, 4.69) is 20.6 Å². The van der Waals surface area contributed by atoms with Crippen LogP contribution in [-0.2, 0) is 4.79 Å². The van der Waals surface area contributed by atoms with Crippen LogP contribution < -0.4 is 5.32 Å². The Hall–Kier alpha value is -2.03. The van der Waals surface area contributed by atoms with Gasteiger partial charge in [-0.2, -0.15) is 5.21 Å². The maximum Gasteiger partial charge on any atom is 0.328 e. The highest BCUT2D eigenvalue weighted by Crippen LogP contribution is 1.95. The molecule has 1 aromatic heterocycles. The van der Waals surface area contributed by atoms with Gasteiger partial charge in [-0.05, 0) is 12.1 Å². The van der Waals surface area contributed by atoms with Crippen LogP contribution in [0.5, 0.6) is 0 Å². The van der Waals surface area contributed by atoms with E-state index >= 15 is 0 Å². The third-order valence-corrected chi connectivity index (χ3v) is 1.58. The first kappa shape index (κ1) is 11.0. The number of carbonyl (C=O) groups is 2. The number of tetrazole rings is 1. The number of aromatic nitrogens is 4. The lowest BCUT2D eigenvalue weighted by atomic mass is 10.2. The van der Waals surface area contributed by atoms with Gasteiger partial charge in [-0.1, -0.05) is 0 Å². The molecule has 1 aromatic rings. The van der Waals surface area contributed by atoms with Gasteiger partial charge in [0.25, 0.3) is 11.7 Å². The average molecular weight is 215 g/mol. The maximum absolute atomic E-state index is 11.3. The number of hydrogen-bond donors (Lipinski definition) is 4. The summed E-state index contributed by atoms with van der Waals surface area (Å²) < 4.78 is 0. The molecule has 82 valence electrons. The number of hydrogen-bond acceptors (Lipinski definition) is 6. The second-order valence-electron chi connectivity index (χ2n) is 2.77. The van der Waals surface area contributed by atoms with E-state index in [4.69, 9.17) is 10.2 Å². The predicted octanol–water partition coefficient (Wildman–Crippen LogP) is -2.24. The fraction of sp³-hybridized carbons (Fsp3) is 0.500. The Morgan fingerprint density at radius 1 is 1.53 bits per heavy atom. The molecule has 15 heavy (non-hydrogen) atoms. The number of aromatic amines is 1.